The lowest BCUT2D eigenvalue weighted by atomic mass is 10.0. The minimum atomic E-state index is -1.83. The van der Waals surface area contributed by atoms with Crippen LogP contribution in [-0.2, 0) is 6.54 Å². The summed E-state index contributed by atoms with van der Waals surface area (Å²) in [5, 5.41) is 13.9. The van der Waals surface area contributed by atoms with Crippen LogP contribution in [0.15, 0.2) is 30.3 Å². The Morgan fingerprint density at radius 2 is 1.07 bits per heavy atom. The van der Waals surface area contributed by atoms with Crippen molar-refractivity contribution in [1.82, 2.24) is 0 Å². The molecule has 0 bridgehead atoms. The fourth-order valence-corrected chi connectivity index (χ4v) is 3.89. The third kappa shape index (κ3) is 21.2. The second-order valence-electron chi connectivity index (χ2n) is 9.18. The molecule has 0 radical (unpaired) electrons. The molecule has 0 heterocycles. The number of rotatable bonds is 17. The van der Waals surface area contributed by atoms with Gasteiger partial charge in [-0.05, 0) is 12.8 Å². The van der Waals surface area contributed by atoms with Crippen LogP contribution in [0.4, 0.5) is 4.79 Å². The summed E-state index contributed by atoms with van der Waals surface area (Å²) in [5.41, 5.74) is 1.46. The summed E-state index contributed by atoms with van der Waals surface area (Å²) in [6.07, 6.45) is 18.3. The van der Waals surface area contributed by atoms with E-state index in [1.54, 1.807) is 0 Å². The molecule has 0 amide bonds. The van der Waals surface area contributed by atoms with E-state index in [1.807, 2.05) is 0 Å². The molecule has 1 rings (SSSR count). The van der Waals surface area contributed by atoms with E-state index in [-0.39, 0.29) is 0 Å². The number of carbonyl (C=O) groups is 1. The van der Waals surface area contributed by atoms with Crippen LogP contribution >= 0.6 is 0 Å². The van der Waals surface area contributed by atoms with Gasteiger partial charge in [-0.3, -0.25) is 0 Å². The maximum atomic E-state index is 8.56. The van der Waals surface area contributed by atoms with E-state index in [0.717, 1.165) is 11.0 Å². The molecule has 0 aliphatic carbocycles. The molecule has 174 valence electrons. The van der Waals surface area contributed by atoms with Crippen LogP contribution in [0, 0.1) is 0 Å². The Hall–Kier alpha value is -1.55. The van der Waals surface area contributed by atoms with Crippen molar-refractivity contribution in [3.63, 3.8) is 0 Å². The highest BCUT2D eigenvalue weighted by Crippen LogP contribution is 2.14. The third-order valence-corrected chi connectivity index (χ3v) is 5.57. The maximum Gasteiger partial charge on any atom is 0.503 e. The molecule has 1 aromatic carbocycles. The van der Waals surface area contributed by atoms with Crippen molar-refractivity contribution in [3.05, 3.63) is 35.9 Å². The molecule has 30 heavy (non-hydrogen) atoms. The quantitative estimate of drug-likeness (QED) is 0.198. The fraction of sp³-hybridized carbons (Fsp3) is 0.731. The van der Waals surface area contributed by atoms with Crippen LogP contribution in [0.25, 0.3) is 0 Å². The summed E-state index contributed by atoms with van der Waals surface area (Å²) in [4.78, 5) is 8.56. The first-order valence-corrected chi connectivity index (χ1v) is 12.1. The minimum Gasteiger partial charge on any atom is -0.450 e. The Labute approximate surface area is 185 Å². The Morgan fingerprint density at radius 3 is 1.47 bits per heavy atom. The van der Waals surface area contributed by atoms with Gasteiger partial charge in [0, 0.05) is 5.56 Å². The zero-order chi connectivity index (χ0) is 22.5. The molecule has 0 unspecified atom stereocenters. The smallest absolute Gasteiger partial charge is 0.450 e. The van der Waals surface area contributed by atoms with Crippen molar-refractivity contribution in [3.8, 4) is 0 Å². The fourth-order valence-electron chi connectivity index (χ4n) is 3.89. The molecule has 0 fully saturated rings. The standard InChI is InChI=1S/C25H46N.CH2O3/c1-4-5-6-7-8-9-10-11-12-13-14-15-16-20-23-26(2,3)24-25-21-18-17-19-22-25;2-1(3)4/h17-19,21-22H,4-16,20,23-24H2,1-3H3;(H2,2,3,4)/q+1;. The lowest BCUT2D eigenvalue weighted by molar-refractivity contribution is -0.903. The van der Waals surface area contributed by atoms with E-state index in [9.17, 15) is 0 Å². The zero-order valence-electron chi connectivity index (χ0n) is 20.0. The van der Waals surface area contributed by atoms with Gasteiger partial charge in [0.1, 0.15) is 6.54 Å². The van der Waals surface area contributed by atoms with Crippen molar-refractivity contribution in [1.29, 1.82) is 0 Å². The first kappa shape index (κ1) is 28.5. The van der Waals surface area contributed by atoms with Gasteiger partial charge in [0.2, 0.25) is 0 Å². The minimum absolute atomic E-state index is 1.11. The maximum absolute atomic E-state index is 8.56. The molecule has 0 atom stereocenters. The molecule has 0 spiro atoms. The predicted octanol–water partition coefficient (Wildman–Crippen LogP) is 7.97. The monoisotopic (exact) mass is 422 g/mol. The number of carboxylic acid groups (broad SMARTS) is 2. The number of unbranched alkanes of at least 4 members (excludes halogenated alkanes) is 13. The van der Waals surface area contributed by atoms with Crippen molar-refractivity contribution in [2.24, 2.45) is 0 Å². The van der Waals surface area contributed by atoms with Gasteiger partial charge in [-0.2, -0.15) is 0 Å². The molecule has 0 aromatic heterocycles. The van der Waals surface area contributed by atoms with E-state index in [2.05, 4.69) is 51.4 Å². The van der Waals surface area contributed by atoms with Gasteiger partial charge in [-0.25, -0.2) is 4.79 Å². The molecule has 4 nitrogen and oxygen atoms in total. The summed E-state index contributed by atoms with van der Waals surface area (Å²) in [6, 6.07) is 10.9. The lowest BCUT2D eigenvalue weighted by Crippen LogP contribution is -2.39. The third-order valence-electron chi connectivity index (χ3n) is 5.57. The predicted molar refractivity (Wildman–Crippen MR) is 128 cm³/mol. The number of hydrogen-bond acceptors (Lipinski definition) is 1. The second kappa shape index (κ2) is 19.4. The number of nitrogens with zero attached hydrogens (tertiary/aromatic N) is 1. The molecule has 0 aliphatic rings. The van der Waals surface area contributed by atoms with Gasteiger partial charge < -0.3 is 14.7 Å². The molecule has 0 saturated heterocycles. The van der Waals surface area contributed by atoms with Crippen LogP contribution in [0.3, 0.4) is 0 Å². The highest BCUT2D eigenvalue weighted by atomic mass is 16.6. The Bertz CT molecular complexity index is 498. The van der Waals surface area contributed by atoms with Crippen molar-refractivity contribution in [2.75, 3.05) is 20.6 Å². The lowest BCUT2D eigenvalue weighted by Gasteiger charge is -2.30. The summed E-state index contributed by atoms with van der Waals surface area (Å²) in [5.74, 6) is 0. The van der Waals surface area contributed by atoms with Crippen LogP contribution in [0.1, 0.15) is 102 Å². The molecule has 0 saturated carbocycles. The van der Waals surface area contributed by atoms with Crippen molar-refractivity contribution in [2.45, 2.75) is 103 Å². The molecular weight excluding hydrogens is 374 g/mol. The van der Waals surface area contributed by atoms with Crippen molar-refractivity contribution >= 4 is 6.16 Å². The SMILES string of the molecule is CCCCCCCCCCCCCCCC[N+](C)(C)Cc1ccccc1.O=C(O)O. The number of hydrogen-bond donors (Lipinski definition) is 2. The Balaban J connectivity index is 0.00000192. The normalized spacial score (nSPS) is 11.0. The van der Waals surface area contributed by atoms with Crippen molar-refractivity contribution < 1.29 is 19.5 Å². The summed E-state index contributed by atoms with van der Waals surface area (Å²) >= 11 is 0. The second-order valence-corrected chi connectivity index (χ2v) is 9.18. The van der Waals surface area contributed by atoms with Crippen LogP contribution in [-0.4, -0.2) is 41.5 Å². The summed E-state index contributed by atoms with van der Waals surface area (Å²) < 4.78 is 1.11. The molecule has 4 heteroatoms. The summed E-state index contributed by atoms with van der Waals surface area (Å²) in [7, 11) is 4.74. The zero-order valence-corrected chi connectivity index (χ0v) is 20.0. The highest BCUT2D eigenvalue weighted by Gasteiger charge is 2.14. The van der Waals surface area contributed by atoms with E-state index < -0.39 is 6.16 Å². The summed E-state index contributed by atoms with van der Waals surface area (Å²) in [6.45, 7) is 4.75. The molecule has 0 aliphatic heterocycles. The topological polar surface area (TPSA) is 57.5 Å². The first-order chi connectivity index (χ1) is 14.4. The molecule has 1 aromatic rings. The van der Waals surface area contributed by atoms with E-state index in [4.69, 9.17) is 15.0 Å². The average Bonchev–Trinajstić information content (AvgIpc) is 2.68. The van der Waals surface area contributed by atoms with E-state index in [1.165, 1.54) is 102 Å². The largest absolute Gasteiger partial charge is 0.503 e. The molecule has 2 N–H and O–H groups in total. The van der Waals surface area contributed by atoms with Gasteiger partial charge in [0.25, 0.3) is 0 Å². The first-order valence-electron chi connectivity index (χ1n) is 12.1. The highest BCUT2D eigenvalue weighted by molar-refractivity contribution is 5.53. The average molecular weight is 423 g/mol. The van der Waals surface area contributed by atoms with Gasteiger partial charge in [0.15, 0.2) is 0 Å². The van der Waals surface area contributed by atoms with Gasteiger partial charge in [0.05, 0.1) is 20.6 Å². The Kier molecular flexibility index (Phi) is 18.4. The van der Waals surface area contributed by atoms with Gasteiger partial charge in [-0.1, -0.05) is 114 Å². The molecular formula is C26H48NO3+. The van der Waals surface area contributed by atoms with Gasteiger partial charge in [-0.15, -0.1) is 0 Å². The van der Waals surface area contributed by atoms with Crippen LogP contribution in [0.5, 0.6) is 0 Å². The van der Waals surface area contributed by atoms with E-state index in [0.29, 0.717) is 0 Å². The Morgan fingerprint density at radius 1 is 0.700 bits per heavy atom. The van der Waals surface area contributed by atoms with Gasteiger partial charge >= 0.3 is 6.16 Å². The van der Waals surface area contributed by atoms with E-state index >= 15 is 0 Å². The van der Waals surface area contributed by atoms with Crippen LogP contribution in [0.2, 0.25) is 0 Å². The number of benzene rings is 1. The number of quaternary nitrogens is 1. The van der Waals surface area contributed by atoms with Crippen LogP contribution < -0.4 is 0 Å².